The normalized spacial score (nSPS) is 12.9. The first-order valence-corrected chi connectivity index (χ1v) is 7.69. The molecule has 1 nitrogen and oxygen atoms in total. The Morgan fingerprint density at radius 1 is 0.950 bits per heavy atom. The molecule has 1 atom stereocenters. The third kappa shape index (κ3) is 6.00. The molecule has 0 aromatic heterocycles. The van der Waals surface area contributed by atoms with Crippen molar-refractivity contribution in [2.45, 2.75) is 58.9 Å². The zero-order chi connectivity index (χ0) is 15.0. The minimum atomic E-state index is -0.470. The van der Waals surface area contributed by atoms with Gasteiger partial charge in [0.25, 0.3) is 0 Å². The van der Waals surface area contributed by atoms with E-state index in [0.29, 0.717) is 0 Å². The summed E-state index contributed by atoms with van der Waals surface area (Å²) in [4.78, 5) is 0. The molecule has 1 rings (SSSR count). The highest BCUT2D eigenvalue weighted by Crippen LogP contribution is 2.20. The number of hydrogen-bond donors (Lipinski definition) is 1. The van der Waals surface area contributed by atoms with Crippen molar-refractivity contribution >= 4 is 0 Å². The van der Waals surface area contributed by atoms with E-state index in [2.05, 4.69) is 19.2 Å². The first-order valence-electron chi connectivity index (χ1n) is 7.69. The van der Waals surface area contributed by atoms with Crippen LogP contribution in [0.2, 0.25) is 0 Å². The van der Waals surface area contributed by atoms with Gasteiger partial charge in [-0.3, -0.25) is 0 Å². The van der Waals surface area contributed by atoms with E-state index in [0.717, 1.165) is 18.9 Å². The van der Waals surface area contributed by atoms with E-state index in [-0.39, 0.29) is 11.6 Å². The zero-order valence-electron chi connectivity index (χ0n) is 12.9. The van der Waals surface area contributed by atoms with E-state index in [1.165, 1.54) is 43.9 Å². The first kappa shape index (κ1) is 17.1. The number of unbranched alkanes of at least 4 members (excludes halogenated alkanes) is 3. The predicted molar refractivity (Wildman–Crippen MR) is 80.7 cm³/mol. The molecular weight excluding hydrogens is 256 g/mol. The van der Waals surface area contributed by atoms with Crippen molar-refractivity contribution in [3.8, 4) is 0 Å². The molecule has 3 heteroatoms. The molecule has 0 saturated heterocycles. The standard InChI is InChI=1S/C17H27F2N/c1-13(2)9-6-4-5-7-12-20-14(3)17-15(18)10-8-11-16(17)19/h8,10-11,13-14,20H,4-7,9,12H2,1-3H3. The number of rotatable bonds is 9. The largest absolute Gasteiger partial charge is 0.310 e. The maximum atomic E-state index is 13.6. The van der Waals surface area contributed by atoms with Gasteiger partial charge in [0, 0.05) is 11.6 Å². The van der Waals surface area contributed by atoms with Crippen LogP contribution in [0.15, 0.2) is 18.2 Å². The summed E-state index contributed by atoms with van der Waals surface area (Å²) >= 11 is 0. The van der Waals surface area contributed by atoms with E-state index >= 15 is 0 Å². The van der Waals surface area contributed by atoms with Crippen LogP contribution in [0, 0.1) is 17.6 Å². The van der Waals surface area contributed by atoms with Gasteiger partial charge < -0.3 is 5.32 Å². The van der Waals surface area contributed by atoms with Crippen molar-refractivity contribution in [3.05, 3.63) is 35.4 Å². The molecule has 1 unspecified atom stereocenters. The molecule has 1 aromatic carbocycles. The smallest absolute Gasteiger partial charge is 0.130 e. The van der Waals surface area contributed by atoms with Crippen molar-refractivity contribution in [2.24, 2.45) is 5.92 Å². The maximum Gasteiger partial charge on any atom is 0.130 e. The van der Waals surface area contributed by atoms with Crippen molar-refractivity contribution in [3.63, 3.8) is 0 Å². The van der Waals surface area contributed by atoms with Crippen molar-refractivity contribution in [2.75, 3.05) is 6.54 Å². The van der Waals surface area contributed by atoms with E-state index < -0.39 is 11.6 Å². The average molecular weight is 283 g/mol. The van der Waals surface area contributed by atoms with Gasteiger partial charge in [0.1, 0.15) is 11.6 Å². The summed E-state index contributed by atoms with van der Waals surface area (Å²) in [6.07, 6.45) is 6.02. The third-order valence-corrected chi connectivity index (χ3v) is 3.59. The quantitative estimate of drug-likeness (QED) is 0.612. The Balaban J connectivity index is 2.22. The van der Waals surface area contributed by atoms with Gasteiger partial charge in [-0.05, 0) is 37.9 Å². The molecule has 0 fully saturated rings. The van der Waals surface area contributed by atoms with Gasteiger partial charge in [0.2, 0.25) is 0 Å². The second-order valence-electron chi connectivity index (χ2n) is 5.91. The molecule has 0 bridgehead atoms. The van der Waals surface area contributed by atoms with E-state index in [1.54, 1.807) is 6.92 Å². The molecule has 0 aliphatic rings. The van der Waals surface area contributed by atoms with Gasteiger partial charge in [0.15, 0.2) is 0 Å². The van der Waals surface area contributed by atoms with Crippen LogP contribution in [-0.2, 0) is 0 Å². The highest BCUT2D eigenvalue weighted by Gasteiger charge is 2.14. The summed E-state index contributed by atoms with van der Waals surface area (Å²) in [5.41, 5.74) is 0.146. The molecule has 1 aromatic rings. The van der Waals surface area contributed by atoms with Gasteiger partial charge in [0.05, 0.1) is 0 Å². The summed E-state index contributed by atoms with van der Waals surface area (Å²) < 4.78 is 27.1. The van der Waals surface area contributed by atoms with Crippen LogP contribution in [-0.4, -0.2) is 6.54 Å². The molecule has 0 aliphatic heterocycles. The van der Waals surface area contributed by atoms with Gasteiger partial charge in [-0.1, -0.05) is 45.6 Å². The zero-order valence-corrected chi connectivity index (χ0v) is 12.9. The van der Waals surface area contributed by atoms with Gasteiger partial charge >= 0.3 is 0 Å². The molecule has 0 saturated carbocycles. The van der Waals surface area contributed by atoms with E-state index in [1.807, 2.05) is 0 Å². The third-order valence-electron chi connectivity index (χ3n) is 3.59. The fourth-order valence-electron chi connectivity index (χ4n) is 2.38. The van der Waals surface area contributed by atoms with Gasteiger partial charge in [-0.25, -0.2) is 8.78 Å². The lowest BCUT2D eigenvalue weighted by Crippen LogP contribution is -2.21. The summed E-state index contributed by atoms with van der Waals surface area (Å²) in [5.74, 6) is -0.166. The number of nitrogens with one attached hydrogen (secondary N) is 1. The van der Waals surface area contributed by atoms with Gasteiger partial charge in [-0.2, -0.15) is 0 Å². The monoisotopic (exact) mass is 283 g/mol. The molecule has 0 heterocycles. The van der Waals surface area contributed by atoms with Crippen molar-refractivity contribution in [1.82, 2.24) is 5.32 Å². The summed E-state index contributed by atoms with van der Waals surface area (Å²) in [6.45, 7) is 7.09. The van der Waals surface area contributed by atoms with Gasteiger partial charge in [-0.15, -0.1) is 0 Å². The minimum Gasteiger partial charge on any atom is -0.310 e. The summed E-state index contributed by atoms with van der Waals surface area (Å²) in [7, 11) is 0. The maximum absolute atomic E-state index is 13.6. The van der Waals surface area contributed by atoms with Crippen LogP contribution in [0.1, 0.15) is 64.5 Å². The molecule has 1 N–H and O–H groups in total. The fourth-order valence-corrected chi connectivity index (χ4v) is 2.38. The first-order chi connectivity index (χ1) is 9.52. The van der Waals surface area contributed by atoms with Crippen molar-refractivity contribution in [1.29, 1.82) is 0 Å². The van der Waals surface area contributed by atoms with Crippen LogP contribution < -0.4 is 5.32 Å². The Hall–Kier alpha value is -0.960. The summed E-state index contributed by atoms with van der Waals surface area (Å²) in [6, 6.07) is 3.73. The fraction of sp³-hybridized carbons (Fsp3) is 0.647. The Kier molecular flexibility index (Phi) is 7.75. The predicted octanol–water partition coefficient (Wildman–Crippen LogP) is 5.22. The summed E-state index contributed by atoms with van der Waals surface area (Å²) in [5, 5.41) is 3.20. The Bertz CT molecular complexity index is 370. The number of benzene rings is 1. The second kappa shape index (κ2) is 9.06. The molecule has 20 heavy (non-hydrogen) atoms. The Morgan fingerprint density at radius 2 is 1.55 bits per heavy atom. The molecular formula is C17H27F2N. The van der Waals surface area contributed by atoms with E-state index in [9.17, 15) is 8.78 Å². The van der Waals surface area contributed by atoms with Crippen molar-refractivity contribution < 1.29 is 8.78 Å². The van der Waals surface area contributed by atoms with Crippen LogP contribution in [0.25, 0.3) is 0 Å². The topological polar surface area (TPSA) is 12.0 Å². The van der Waals surface area contributed by atoms with Crippen LogP contribution >= 0.6 is 0 Å². The SMILES string of the molecule is CC(C)CCCCCCNC(C)c1c(F)cccc1F. The minimum absolute atomic E-state index is 0.146. The van der Waals surface area contributed by atoms with Crippen LogP contribution in [0.5, 0.6) is 0 Å². The highest BCUT2D eigenvalue weighted by molar-refractivity contribution is 5.22. The lowest BCUT2D eigenvalue weighted by atomic mass is 10.0. The molecule has 0 spiro atoms. The van der Waals surface area contributed by atoms with Crippen LogP contribution in [0.3, 0.4) is 0 Å². The lowest BCUT2D eigenvalue weighted by Gasteiger charge is -2.15. The molecule has 0 amide bonds. The molecule has 0 aliphatic carbocycles. The molecule has 0 radical (unpaired) electrons. The molecule has 114 valence electrons. The highest BCUT2D eigenvalue weighted by atomic mass is 19.1. The number of hydrogen-bond acceptors (Lipinski definition) is 1. The van der Waals surface area contributed by atoms with E-state index in [4.69, 9.17) is 0 Å². The van der Waals surface area contributed by atoms with Crippen LogP contribution in [0.4, 0.5) is 8.78 Å². The second-order valence-corrected chi connectivity index (χ2v) is 5.91. The number of halogens is 2. The average Bonchev–Trinajstić information content (AvgIpc) is 2.37. The Morgan fingerprint density at radius 3 is 2.15 bits per heavy atom. The lowest BCUT2D eigenvalue weighted by molar-refractivity contribution is 0.470. The Labute approximate surface area is 121 Å².